The van der Waals surface area contributed by atoms with Gasteiger partial charge >= 0.3 is 0 Å². The van der Waals surface area contributed by atoms with Gasteiger partial charge in [0.25, 0.3) is 0 Å². The van der Waals surface area contributed by atoms with Gasteiger partial charge in [-0.15, -0.1) is 0 Å². The van der Waals surface area contributed by atoms with Crippen LogP contribution >= 0.6 is 0 Å². The molecule has 2 heterocycles. The van der Waals surface area contributed by atoms with Crippen LogP contribution in [-0.4, -0.2) is 25.7 Å². The zero-order valence-corrected chi connectivity index (χ0v) is 9.29. The van der Waals surface area contributed by atoms with Gasteiger partial charge in [0.2, 0.25) is 0 Å². The van der Waals surface area contributed by atoms with Crippen molar-refractivity contribution >= 4 is 5.69 Å². The van der Waals surface area contributed by atoms with E-state index in [9.17, 15) is 0 Å². The van der Waals surface area contributed by atoms with Crippen LogP contribution in [0, 0.1) is 6.92 Å². The number of hydrogen-bond acceptors (Lipinski definition) is 2. The highest BCUT2D eigenvalue weighted by Crippen LogP contribution is 2.31. The van der Waals surface area contributed by atoms with E-state index in [1.807, 2.05) is 0 Å². The lowest BCUT2D eigenvalue weighted by atomic mass is 10.1. The Balaban J connectivity index is 1.90. The van der Waals surface area contributed by atoms with Gasteiger partial charge in [0.1, 0.15) is 0 Å². The molecule has 2 nitrogen and oxygen atoms in total. The van der Waals surface area contributed by atoms with E-state index in [-0.39, 0.29) is 0 Å². The predicted molar refractivity (Wildman–Crippen MR) is 63.5 cm³/mol. The van der Waals surface area contributed by atoms with E-state index in [0.717, 1.165) is 12.6 Å². The average Bonchev–Trinajstić information content (AvgIpc) is 2.82. The summed E-state index contributed by atoms with van der Waals surface area (Å²) in [6.07, 6.45) is 2.53. The van der Waals surface area contributed by atoms with Gasteiger partial charge in [-0.1, -0.05) is 17.7 Å². The lowest BCUT2D eigenvalue weighted by molar-refractivity contribution is 0.654. The molecular formula is C13H18N2. The number of rotatable bonds is 1. The van der Waals surface area contributed by atoms with Gasteiger partial charge in [-0.25, -0.2) is 0 Å². The van der Waals surface area contributed by atoms with Gasteiger partial charge in [-0.3, -0.25) is 0 Å². The number of benzene rings is 1. The molecule has 0 saturated carbocycles. The Morgan fingerprint density at radius 1 is 1.40 bits per heavy atom. The highest BCUT2D eigenvalue weighted by Gasteiger charge is 2.27. The lowest BCUT2D eigenvalue weighted by Crippen LogP contribution is -2.35. The van der Waals surface area contributed by atoms with Crippen molar-refractivity contribution in [3.05, 3.63) is 29.3 Å². The van der Waals surface area contributed by atoms with E-state index in [4.69, 9.17) is 0 Å². The third-order valence-electron chi connectivity index (χ3n) is 3.64. The van der Waals surface area contributed by atoms with Crippen molar-refractivity contribution in [2.75, 3.05) is 24.5 Å². The topological polar surface area (TPSA) is 15.3 Å². The quantitative estimate of drug-likeness (QED) is 0.746. The van der Waals surface area contributed by atoms with E-state index >= 15 is 0 Å². The maximum Gasteiger partial charge on any atom is 0.0426 e. The molecule has 2 aliphatic heterocycles. The summed E-state index contributed by atoms with van der Waals surface area (Å²) in [5.41, 5.74) is 4.41. The average molecular weight is 202 g/mol. The molecule has 0 bridgehead atoms. The molecule has 2 aliphatic rings. The van der Waals surface area contributed by atoms with Crippen LogP contribution in [0.2, 0.25) is 0 Å². The molecule has 1 N–H and O–H groups in total. The lowest BCUT2D eigenvalue weighted by Gasteiger charge is -2.26. The Hall–Kier alpha value is -1.02. The van der Waals surface area contributed by atoms with Crippen molar-refractivity contribution in [3.8, 4) is 0 Å². The van der Waals surface area contributed by atoms with Crippen LogP contribution < -0.4 is 10.2 Å². The molecule has 1 aromatic carbocycles. The standard InChI is InChI=1S/C13H18N2/c1-10-2-3-13-11(8-10)5-7-15(13)12-4-6-14-9-12/h2-3,8,12,14H,4-7,9H2,1H3. The largest absolute Gasteiger partial charge is 0.367 e. The maximum atomic E-state index is 3.45. The summed E-state index contributed by atoms with van der Waals surface area (Å²) in [6, 6.07) is 7.61. The highest BCUT2D eigenvalue weighted by molar-refractivity contribution is 5.59. The van der Waals surface area contributed by atoms with E-state index in [1.165, 1.54) is 37.2 Å². The second-order valence-corrected chi connectivity index (χ2v) is 4.72. The van der Waals surface area contributed by atoms with Crippen molar-refractivity contribution in [2.24, 2.45) is 0 Å². The van der Waals surface area contributed by atoms with Gasteiger partial charge in [0.05, 0.1) is 0 Å². The summed E-state index contributed by atoms with van der Waals surface area (Å²) >= 11 is 0. The minimum Gasteiger partial charge on any atom is -0.367 e. The van der Waals surface area contributed by atoms with Crippen molar-refractivity contribution in [1.29, 1.82) is 0 Å². The Labute approximate surface area is 91.3 Å². The van der Waals surface area contributed by atoms with Crippen LogP contribution in [0.3, 0.4) is 0 Å². The first-order valence-corrected chi connectivity index (χ1v) is 5.91. The summed E-state index contributed by atoms with van der Waals surface area (Å²) in [6.45, 7) is 5.74. The van der Waals surface area contributed by atoms with Gasteiger partial charge in [-0.05, 0) is 37.9 Å². The molecular weight excluding hydrogens is 184 g/mol. The van der Waals surface area contributed by atoms with Crippen LogP contribution in [0.4, 0.5) is 5.69 Å². The SMILES string of the molecule is Cc1ccc2c(c1)CCN2C1CCNC1. The predicted octanol–water partition coefficient (Wildman–Crippen LogP) is 1.72. The van der Waals surface area contributed by atoms with Crippen LogP contribution in [0.15, 0.2) is 18.2 Å². The Bertz CT molecular complexity index is 367. The molecule has 0 amide bonds. The zero-order valence-electron chi connectivity index (χ0n) is 9.29. The van der Waals surface area contributed by atoms with E-state index in [2.05, 4.69) is 35.3 Å². The first kappa shape index (κ1) is 9.22. The van der Waals surface area contributed by atoms with E-state index in [0.29, 0.717) is 0 Å². The summed E-state index contributed by atoms with van der Waals surface area (Å²) in [7, 11) is 0. The number of aryl methyl sites for hydroxylation is 1. The van der Waals surface area contributed by atoms with Crippen molar-refractivity contribution < 1.29 is 0 Å². The van der Waals surface area contributed by atoms with Crippen LogP contribution in [-0.2, 0) is 6.42 Å². The first-order valence-electron chi connectivity index (χ1n) is 5.91. The molecule has 0 spiro atoms. The summed E-state index contributed by atoms with van der Waals surface area (Å²) in [4.78, 5) is 2.59. The second kappa shape index (κ2) is 3.53. The minimum absolute atomic E-state index is 0.731. The molecule has 2 heteroatoms. The number of nitrogens with zero attached hydrogens (tertiary/aromatic N) is 1. The molecule has 1 unspecified atom stereocenters. The zero-order chi connectivity index (χ0) is 10.3. The summed E-state index contributed by atoms with van der Waals surface area (Å²) < 4.78 is 0. The molecule has 3 rings (SSSR count). The number of nitrogens with one attached hydrogen (secondary N) is 1. The molecule has 0 radical (unpaired) electrons. The monoisotopic (exact) mass is 202 g/mol. The van der Waals surface area contributed by atoms with E-state index < -0.39 is 0 Å². The highest BCUT2D eigenvalue weighted by atomic mass is 15.2. The second-order valence-electron chi connectivity index (χ2n) is 4.72. The van der Waals surface area contributed by atoms with Crippen molar-refractivity contribution in [1.82, 2.24) is 5.32 Å². The van der Waals surface area contributed by atoms with Crippen LogP contribution in [0.5, 0.6) is 0 Å². The molecule has 80 valence electrons. The fraction of sp³-hybridized carbons (Fsp3) is 0.538. The Kier molecular flexibility index (Phi) is 2.17. The summed E-state index contributed by atoms with van der Waals surface area (Å²) in [5, 5.41) is 3.45. The molecule has 1 saturated heterocycles. The molecule has 1 atom stereocenters. The van der Waals surface area contributed by atoms with Crippen LogP contribution in [0.1, 0.15) is 17.5 Å². The number of fused-ring (bicyclic) bond motifs is 1. The van der Waals surface area contributed by atoms with Crippen LogP contribution in [0.25, 0.3) is 0 Å². The third kappa shape index (κ3) is 1.53. The number of hydrogen-bond donors (Lipinski definition) is 1. The molecule has 0 aromatic heterocycles. The maximum absolute atomic E-state index is 3.45. The van der Waals surface area contributed by atoms with E-state index in [1.54, 1.807) is 5.56 Å². The summed E-state index contributed by atoms with van der Waals surface area (Å²) in [5.74, 6) is 0. The molecule has 15 heavy (non-hydrogen) atoms. The molecule has 0 aliphatic carbocycles. The third-order valence-corrected chi connectivity index (χ3v) is 3.64. The fourth-order valence-corrected chi connectivity index (χ4v) is 2.84. The fourth-order valence-electron chi connectivity index (χ4n) is 2.84. The first-order chi connectivity index (χ1) is 7.34. The van der Waals surface area contributed by atoms with Gasteiger partial charge in [0, 0.05) is 24.8 Å². The van der Waals surface area contributed by atoms with Gasteiger partial charge < -0.3 is 10.2 Å². The van der Waals surface area contributed by atoms with Gasteiger partial charge in [-0.2, -0.15) is 0 Å². The Morgan fingerprint density at radius 3 is 3.13 bits per heavy atom. The van der Waals surface area contributed by atoms with Crippen molar-refractivity contribution in [3.63, 3.8) is 0 Å². The number of anilines is 1. The molecule has 1 aromatic rings. The smallest absolute Gasteiger partial charge is 0.0426 e. The van der Waals surface area contributed by atoms with Crippen molar-refractivity contribution in [2.45, 2.75) is 25.8 Å². The molecule has 1 fully saturated rings. The van der Waals surface area contributed by atoms with Gasteiger partial charge in [0.15, 0.2) is 0 Å². The minimum atomic E-state index is 0.731. The normalized spacial score (nSPS) is 24.6. The Morgan fingerprint density at radius 2 is 2.33 bits per heavy atom.